The van der Waals surface area contributed by atoms with Crippen molar-refractivity contribution >= 4 is 0 Å². The van der Waals surface area contributed by atoms with Crippen LogP contribution in [0.25, 0.3) is 0 Å². The van der Waals surface area contributed by atoms with Gasteiger partial charge in [-0.15, -0.1) is 0 Å². The molecule has 5 heteroatoms. The van der Waals surface area contributed by atoms with Crippen LogP contribution in [0, 0.1) is 0 Å². The van der Waals surface area contributed by atoms with Crippen molar-refractivity contribution in [3.8, 4) is 0 Å². The summed E-state index contributed by atoms with van der Waals surface area (Å²) in [6.45, 7) is 1.45. The van der Waals surface area contributed by atoms with E-state index in [0.29, 0.717) is 18.3 Å². The van der Waals surface area contributed by atoms with Gasteiger partial charge in [0.25, 0.3) is 0 Å². The van der Waals surface area contributed by atoms with E-state index in [0.717, 1.165) is 13.0 Å². The summed E-state index contributed by atoms with van der Waals surface area (Å²) in [6, 6.07) is 0.238. The minimum atomic E-state index is 0.238. The van der Waals surface area contributed by atoms with E-state index in [1.165, 1.54) is 12.8 Å². The van der Waals surface area contributed by atoms with Gasteiger partial charge in [0, 0.05) is 7.11 Å². The van der Waals surface area contributed by atoms with Gasteiger partial charge in [0.1, 0.15) is 6.61 Å². The topological polar surface area (TPSA) is 60.2 Å². The molecule has 1 fully saturated rings. The Morgan fingerprint density at radius 1 is 1.57 bits per heavy atom. The molecule has 0 saturated carbocycles. The lowest BCUT2D eigenvalue weighted by Gasteiger charge is -2.19. The van der Waals surface area contributed by atoms with Gasteiger partial charge >= 0.3 is 0 Å². The van der Waals surface area contributed by atoms with E-state index in [2.05, 4.69) is 15.5 Å². The average molecular weight is 197 g/mol. The summed E-state index contributed by atoms with van der Waals surface area (Å²) < 4.78 is 10.1. The molecule has 1 aliphatic heterocycles. The standard InChI is InChI=1S/C9H15N3O2/c1-13-6-8-11-9(14-12-8)7-4-2-3-5-10-7/h7,10H,2-6H2,1H3/t7-/m1/s1. The van der Waals surface area contributed by atoms with Crippen LogP contribution in [0.15, 0.2) is 4.52 Å². The van der Waals surface area contributed by atoms with Gasteiger partial charge in [0.2, 0.25) is 5.89 Å². The highest BCUT2D eigenvalue weighted by molar-refractivity contribution is 4.93. The molecule has 2 heterocycles. The summed E-state index contributed by atoms with van der Waals surface area (Å²) in [5, 5.41) is 7.18. The zero-order chi connectivity index (χ0) is 9.80. The number of nitrogens with one attached hydrogen (secondary N) is 1. The minimum Gasteiger partial charge on any atom is -0.377 e. The first-order valence-electron chi connectivity index (χ1n) is 4.95. The van der Waals surface area contributed by atoms with Crippen molar-refractivity contribution in [1.82, 2.24) is 15.5 Å². The number of methoxy groups -OCH3 is 1. The third-order valence-corrected chi connectivity index (χ3v) is 2.37. The maximum atomic E-state index is 5.15. The highest BCUT2D eigenvalue weighted by Gasteiger charge is 2.20. The molecule has 0 amide bonds. The summed E-state index contributed by atoms with van der Waals surface area (Å²) in [4.78, 5) is 4.26. The largest absolute Gasteiger partial charge is 0.377 e. The van der Waals surface area contributed by atoms with Crippen LogP contribution in [-0.2, 0) is 11.3 Å². The Balaban J connectivity index is 2.00. The van der Waals surface area contributed by atoms with Crippen LogP contribution in [0.3, 0.4) is 0 Å². The Morgan fingerprint density at radius 2 is 2.50 bits per heavy atom. The summed E-state index contributed by atoms with van der Waals surface area (Å²) in [5.74, 6) is 1.31. The van der Waals surface area contributed by atoms with E-state index in [-0.39, 0.29) is 6.04 Å². The van der Waals surface area contributed by atoms with Crippen LogP contribution < -0.4 is 5.32 Å². The summed E-state index contributed by atoms with van der Waals surface area (Å²) >= 11 is 0. The Kier molecular flexibility index (Phi) is 3.10. The molecule has 0 spiro atoms. The molecule has 1 aliphatic rings. The lowest BCUT2D eigenvalue weighted by molar-refractivity contribution is 0.174. The number of hydrogen-bond donors (Lipinski definition) is 1. The van der Waals surface area contributed by atoms with E-state index in [1.807, 2.05) is 0 Å². The van der Waals surface area contributed by atoms with Gasteiger partial charge in [-0.3, -0.25) is 0 Å². The van der Waals surface area contributed by atoms with Gasteiger partial charge in [0.15, 0.2) is 5.82 Å². The quantitative estimate of drug-likeness (QED) is 0.784. The maximum absolute atomic E-state index is 5.15. The molecular formula is C9H15N3O2. The fourth-order valence-electron chi connectivity index (χ4n) is 1.66. The van der Waals surface area contributed by atoms with Gasteiger partial charge in [0.05, 0.1) is 6.04 Å². The normalized spacial score (nSPS) is 22.5. The smallest absolute Gasteiger partial charge is 0.243 e. The van der Waals surface area contributed by atoms with Crippen LogP contribution in [0.1, 0.15) is 37.0 Å². The molecule has 0 aliphatic carbocycles. The van der Waals surface area contributed by atoms with Crippen LogP contribution >= 0.6 is 0 Å². The Labute approximate surface area is 82.8 Å². The van der Waals surface area contributed by atoms with Gasteiger partial charge < -0.3 is 14.6 Å². The maximum Gasteiger partial charge on any atom is 0.243 e. The molecule has 0 radical (unpaired) electrons. The highest BCUT2D eigenvalue weighted by atomic mass is 16.5. The van der Waals surface area contributed by atoms with Crippen molar-refractivity contribution in [2.24, 2.45) is 0 Å². The molecule has 5 nitrogen and oxygen atoms in total. The first-order chi connectivity index (χ1) is 6.90. The van der Waals surface area contributed by atoms with Crippen molar-refractivity contribution in [3.63, 3.8) is 0 Å². The predicted octanol–water partition coefficient (Wildman–Crippen LogP) is 1.03. The fourth-order valence-corrected chi connectivity index (χ4v) is 1.66. The lowest BCUT2D eigenvalue weighted by atomic mass is 10.1. The molecule has 78 valence electrons. The van der Waals surface area contributed by atoms with E-state index in [9.17, 15) is 0 Å². The van der Waals surface area contributed by atoms with Gasteiger partial charge in [-0.05, 0) is 19.4 Å². The second kappa shape index (κ2) is 4.52. The van der Waals surface area contributed by atoms with Crippen molar-refractivity contribution < 1.29 is 9.26 Å². The lowest BCUT2D eigenvalue weighted by Crippen LogP contribution is -2.27. The summed E-state index contributed by atoms with van der Waals surface area (Å²) in [5.41, 5.74) is 0. The van der Waals surface area contributed by atoms with E-state index in [4.69, 9.17) is 9.26 Å². The number of hydrogen-bond acceptors (Lipinski definition) is 5. The molecule has 1 atom stereocenters. The number of piperidine rings is 1. The van der Waals surface area contributed by atoms with Crippen molar-refractivity contribution in [2.45, 2.75) is 31.9 Å². The first kappa shape index (κ1) is 9.61. The van der Waals surface area contributed by atoms with Crippen molar-refractivity contribution in [2.75, 3.05) is 13.7 Å². The molecule has 0 unspecified atom stereocenters. The van der Waals surface area contributed by atoms with Crippen LogP contribution in [0.2, 0.25) is 0 Å². The minimum absolute atomic E-state index is 0.238. The van der Waals surface area contributed by atoms with E-state index in [1.54, 1.807) is 7.11 Å². The summed E-state index contributed by atoms with van der Waals surface area (Å²) in [7, 11) is 1.62. The number of rotatable bonds is 3. The van der Waals surface area contributed by atoms with E-state index < -0.39 is 0 Å². The SMILES string of the molecule is COCc1noc([C@H]2CCCCN2)n1. The van der Waals surface area contributed by atoms with Gasteiger partial charge in [-0.2, -0.15) is 4.98 Å². The van der Waals surface area contributed by atoms with Crippen molar-refractivity contribution in [3.05, 3.63) is 11.7 Å². The first-order valence-corrected chi connectivity index (χ1v) is 4.95. The molecule has 1 aromatic heterocycles. The zero-order valence-corrected chi connectivity index (χ0v) is 8.32. The van der Waals surface area contributed by atoms with Crippen LogP contribution in [0.4, 0.5) is 0 Å². The molecule has 1 N–H and O–H groups in total. The Morgan fingerprint density at radius 3 is 3.21 bits per heavy atom. The Hall–Kier alpha value is -0.940. The third-order valence-electron chi connectivity index (χ3n) is 2.37. The molecule has 0 bridgehead atoms. The number of aromatic nitrogens is 2. The Bertz CT molecular complexity index is 281. The van der Waals surface area contributed by atoms with Crippen LogP contribution in [0.5, 0.6) is 0 Å². The summed E-state index contributed by atoms with van der Waals surface area (Å²) in [6.07, 6.45) is 3.53. The highest BCUT2D eigenvalue weighted by Crippen LogP contribution is 2.21. The second-order valence-corrected chi connectivity index (χ2v) is 3.48. The predicted molar refractivity (Wildman–Crippen MR) is 49.6 cm³/mol. The van der Waals surface area contributed by atoms with E-state index >= 15 is 0 Å². The number of nitrogens with zero attached hydrogens (tertiary/aromatic N) is 2. The molecule has 1 aromatic rings. The molecule has 14 heavy (non-hydrogen) atoms. The molecule has 0 aromatic carbocycles. The van der Waals surface area contributed by atoms with Crippen LogP contribution in [-0.4, -0.2) is 23.8 Å². The zero-order valence-electron chi connectivity index (χ0n) is 8.32. The molecule has 2 rings (SSSR count). The molecular weight excluding hydrogens is 182 g/mol. The average Bonchev–Trinajstić information content (AvgIpc) is 2.68. The fraction of sp³-hybridized carbons (Fsp3) is 0.778. The molecule has 1 saturated heterocycles. The third kappa shape index (κ3) is 2.10. The monoisotopic (exact) mass is 197 g/mol. The van der Waals surface area contributed by atoms with Gasteiger partial charge in [-0.1, -0.05) is 11.6 Å². The van der Waals surface area contributed by atoms with Gasteiger partial charge in [-0.25, -0.2) is 0 Å². The van der Waals surface area contributed by atoms with Crippen molar-refractivity contribution in [1.29, 1.82) is 0 Å². The second-order valence-electron chi connectivity index (χ2n) is 3.48. The number of ether oxygens (including phenoxy) is 1.